The van der Waals surface area contributed by atoms with Gasteiger partial charge < -0.3 is 9.47 Å². The minimum atomic E-state index is -0.278. The highest BCUT2D eigenvalue weighted by atomic mass is 16.5. The smallest absolute Gasteiger partial charge is 0.271 e. The first-order valence-electron chi connectivity index (χ1n) is 9.57. The summed E-state index contributed by atoms with van der Waals surface area (Å²) in [7, 11) is 0. The van der Waals surface area contributed by atoms with Gasteiger partial charge in [-0.1, -0.05) is 49.4 Å². The normalized spacial score (nSPS) is 10.7. The minimum Gasteiger partial charge on any atom is -0.494 e. The van der Waals surface area contributed by atoms with Crippen molar-refractivity contribution in [1.29, 1.82) is 0 Å². The fraction of sp³-hybridized carbons (Fsp3) is 0.167. The number of carbonyl (C=O) groups excluding carboxylic acids is 1. The maximum atomic E-state index is 12.2. The van der Waals surface area contributed by atoms with E-state index in [0.717, 1.165) is 29.0 Å². The number of carbonyl (C=O) groups is 1. The fourth-order valence-electron chi connectivity index (χ4n) is 2.58. The molecule has 5 heteroatoms. The molecule has 0 atom stereocenters. The van der Waals surface area contributed by atoms with E-state index < -0.39 is 0 Å². The van der Waals surface area contributed by atoms with Crippen molar-refractivity contribution in [2.24, 2.45) is 5.10 Å². The van der Waals surface area contributed by atoms with Crippen LogP contribution in [0.1, 0.15) is 34.8 Å². The zero-order valence-corrected chi connectivity index (χ0v) is 16.4. The van der Waals surface area contributed by atoms with Gasteiger partial charge in [-0.25, -0.2) is 5.43 Å². The van der Waals surface area contributed by atoms with Crippen LogP contribution in [0, 0.1) is 0 Å². The van der Waals surface area contributed by atoms with Crippen LogP contribution in [0.3, 0.4) is 0 Å². The number of nitrogens with one attached hydrogen (secondary N) is 1. The summed E-state index contributed by atoms with van der Waals surface area (Å²) in [5, 5.41) is 4.04. The Kier molecular flexibility index (Phi) is 7.41. The second-order valence-electron chi connectivity index (χ2n) is 6.42. The maximum Gasteiger partial charge on any atom is 0.271 e. The SMILES string of the molecule is CCCOc1ccc(C(=O)N/N=C\c2cccc(OCc3ccccc3)c2)cc1. The summed E-state index contributed by atoms with van der Waals surface area (Å²) in [6, 6.07) is 24.5. The van der Waals surface area contributed by atoms with Crippen LogP contribution in [0.2, 0.25) is 0 Å². The van der Waals surface area contributed by atoms with Crippen molar-refractivity contribution in [3.05, 3.63) is 95.6 Å². The molecule has 0 spiro atoms. The van der Waals surface area contributed by atoms with Gasteiger partial charge in [0, 0.05) is 5.56 Å². The maximum absolute atomic E-state index is 12.2. The highest BCUT2D eigenvalue weighted by Crippen LogP contribution is 2.15. The third-order valence-corrected chi connectivity index (χ3v) is 4.08. The number of ether oxygens (including phenoxy) is 2. The van der Waals surface area contributed by atoms with Gasteiger partial charge in [-0.15, -0.1) is 0 Å². The van der Waals surface area contributed by atoms with Crippen molar-refractivity contribution >= 4 is 12.1 Å². The highest BCUT2D eigenvalue weighted by molar-refractivity contribution is 5.95. The van der Waals surface area contributed by atoms with Crippen LogP contribution >= 0.6 is 0 Å². The molecule has 0 saturated heterocycles. The molecule has 3 rings (SSSR count). The Morgan fingerprint density at radius 1 is 0.931 bits per heavy atom. The predicted molar refractivity (Wildman–Crippen MR) is 115 cm³/mol. The third-order valence-electron chi connectivity index (χ3n) is 4.08. The van der Waals surface area contributed by atoms with Crippen LogP contribution in [0.15, 0.2) is 84.0 Å². The van der Waals surface area contributed by atoms with E-state index >= 15 is 0 Å². The van der Waals surface area contributed by atoms with E-state index in [2.05, 4.69) is 10.5 Å². The first kappa shape index (κ1) is 20.1. The average Bonchev–Trinajstić information content (AvgIpc) is 2.77. The molecule has 1 N–H and O–H groups in total. The summed E-state index contributed by atoms with van der Waals surface area (Å²) >= 11 is 0. The predicted octanol–water partition coefficient (Wildman–Crippen LogP) is 4.82. The summed E-state index contributed by atoms with van der Waals surface area (Å²) in [4.78, 5) is 12.2. The van der Waals surface area contributed by atoms with Gasteiger partial charge in [0.1, 0.15) is 18.1 Å². The molecule has 0 aliphatic carbocycles. The summed E-state index contributed by atoms with van der Waals surface area (Å²) in [5.41, 5.74) is 4.99. The van der Waals surface area contributed by atoms with Crippen molar-refractivity contribution < 1.29 is 14.3 Å². The monoisotopic (exact) mass is 388 g/mol. The molecule has 0 radical (unpaired) electrons. The summed E-state index contributed by atoms with van der Waals surface area (Å²) in [5.74, 6) is 1.21. The van der Waals surface area contributed by atoms with Gasteiger partial charge in [0.25, 0.3) is 5.91 Å². The standard InChI is InChI=1S/C24H24N2O3/c1-2-15-28-22-13-11-21(12-14-22)24(27)26-25-17-20-9-6-10-23(16-20)29-18-19-7-4-3-5-8-19/h3-14,16-17H,2,15,18H2,1H3,(H,26,27)/b25-17-. The molecule has 0 heterocycles. The van der Waals surface area contributed by atoms with Crippen molar-refractivity contribution in [1.82, 2.24) is 5.43 Å². The van der Waals surface area contributed by atoms with Crippen LogP contribution in [0.5, 0.6) is 11.5 Å². The van der Waals surface area contributed by atoms with E-state index in [4.69, 9.17) is 9.47 Å². The lowest BCUT2D eigenvalue weighted by atomic mass is 10.2. The Hall–Kier alpha value is -3.60. The Bertz CT molecular complexity index is 938. The van der Waals surface area contributed by atoms with E-state index in [1.807, 2.05) is 61.5 Å². The number of amides is 1. The highest BCUT2D eigenvalue weighted by Gasteiger charge is 2.04. The molecule has 1 amide bonds. The van der Waals surface area contributed by atoms with Crippen LogP contribution in [0.4, 0.5) is 0 Å². The molecule has 0 aromatic heterocycles. The minimum absolute atomic E-state index is 0.278. The molecule has 0 aliphatic rings. The van der Waals surface area contributed by atoms with Gasteiger partial charge in [0.05, 0.1) is 12.8 Å². The topological polar surface area (TPSA) is 59.9 Å². The molecular formula is C24H24N2O3. The van der Waals surface area contributed by atoms with E-state index in [9.17, 15) is 4.79 Å². The summed E-state index contributed by atoms with van der Waals surface area (Å²) in [6.45, 7) is 3.20. The van der Waals surface area contributed by atoms with E-state index in [0.29, 0.717) is 18.8 Å². The molecular weight excluding hydrogens is 364 g/mol. The third kappa shape index (κ3) is 6.50. The molecule has 3 aromatic rings. The molecule has 3 aromatic carbocycles. The van der Waals surface area contributed by atoms with Crippen LogP contribution in [0.25, 0.3) is 0 Å². The average molecular weight is 388 g/mol. The zero-order chi connectivity index (χ0) is 20.3. The quantitative estimate of drug-likeness (QED) is 0.422. The first-order valence-corrected chi connectivity index (χ1v) is 9.57. The molecule has 148 valence electrons. The number of nitrogens with zero attached hydrogens (tertiary/aromatic N) is 1. The van der Waals surface area contributed by atoms with Gasteiger partial charge in [-0.2, -0.15) is 5.10 Å². The van der Waals surface area contributed by atoms with E-state index in [1.54, 1.807) is 30.5 Å². The lowest BCUT2D eigenvalue weighted by Crippen LogP contribution is -2.17. The lowest BCUT2D eigenvalue weighted by molar-refractivity contribution is 0.0955. The molecule has 0 fully saturated rings. The zero-order valence-electron chi connectivity index (χ0n) is 16.4. The van der Waals surface area contributed by atoms with Crippen LogP contribution < -0.4 is 14.9 Å². The van der Waals surface area contributed by atoms with Crippen LogP contribution in [-0.4, -0.2) is 18.7 Å². The number of hydrogen-bond donors (Lipinski definition) is 1. The lowest BCUT2D eigenvalue weighted by Gasteiger charge is -2.07. The number of rotatable bonds is 9. The second kappa shape index (κ2) is 10.7. The molecule has 29 heavy (non-hydrogen) atoms. The molecule has 0 saturated carbocycles. The van der Waals surface area contributed by atoms with Crippen molar-refractivity contribution in [3.8, 4) is 11.5 Å². The Morgan fingerprint density at radius 3 is 2.48 bits per heavy atom. The van der Waals surface area contributed by atoms with Gasteiger partial charge in [0.15, 0.2) is 0 Å². The Labute approximate surface area is 171 Å². The number of hydrogen-bond acceptors (Lipinski definition) is 4. The van der Waals surface area contributed by atoms with Gasteiger partial charge in [-0.05, 0) is 53.9 Å². The van der Waals surface area contributed by atoms with Gasteiger partial charge in [-0.3, -0.25) is 4.79 Å². The Morgan fingerprint density at radius 2 is 1.72 bits per heavy atom. The van der Waals surface area contributed by atoms with E-state index in [-0.39, 0.29) is 5.91 Å². The van der Waals surface area contributed by atoms with Gasteiger partial charge in [0.2, 0.25) is 0 Å². The summed E-state index contributed by atoms with van der Waals surface area (Å²) < 4.78 is 11.3. The fourth-order valence-corrected chi connectivity index (χ4v) is 2.58. The Balaban J connectivity index is 1.52. The molecule has 5 nitrogen and oxygen atoms in total. The first-order chi connectivity index (χ1) is 14.2. The summed E-state index contributed by atoms with van der Waals surface area (Å²) in [6.07, 6.45) is 2.53. The largest absolute Gasteiger partial charge is 0.494 e. The van der Waals surface area contributed by atoms with E-state index in [1.165, 1.54) is 0 Å². The second-order valence-corrected chi connectivity index (χ2v) is 6.42. The van der Waals surface area contributed by atoms with Crippen molar-refractivity contribution in [2.45, 2.75) is 20.0 Å². The number of benzene rings is 3. The van der Waals surface area contributed by atoms with Gasteiger partial charge >= 0.3 is 0 Å². The van der Waals surface area contributed by atoms with Crippen LogP contribution in [-0.2, 0) is 6.61 Å². The van der Waals surface area contributed by atoms with Crippen molar-refractivity contribution in [3.63, 3.8) is 0 Å². The molecule has 0 bridgehead atoms. The van der Waals surface area contributed by atoms with Crippen molar-refractivity contribution in [2.75, 3.05) is 6.61 Å². The number of hydrazone groups is 1. The molecule has 0 aliphatic heterocycles. The molecule has 0 unspecified atom stereocenters.